The van der Waals surface area contributed by atoms with Gasteiger partial charge < -0.3 is 14.8 Å². The van der Waals surface area contributed by atoms with E-state index in [1.165, 1.54) is 6.07 Å². The summed E-state index contributed by atoms with van der Waals surface area (Å²) in [6.45, 7) is 5.11. The van der Waals surface area contributed by atoms with Crippen molar-refractivity contribution in [3.63, 3.8) is 0 Å². The molecule has 0 bridgehead atoms. The lowest BCUT2D eigenvalue weighted by Crippen LogP contribution is -2.28. The largest absolute Gasteiger partial charge is 0.488 e. The van der Waals surface area contributed by atoms with Gasteiger partial charge in [0.05, 0.1) is 6.61 Å². The Hall–Kier alpha value is -1.13. The molecule has 0 saturated carbocycles. The summed E-state index contributed by atoms with van der Waals surface area (Å²) in [5.41, 5.74) is 0.917. The van der Waals surface area contributed by atoms with E-state index in [1.807, 2.05) is 6.07 Å². The van der Waals surface area contributed by atoms with Crippen molar-refractivity contribution in [2.24, 2.45) is 0 Å². The highest BCUT2D eigenvalue weighted by Gasteiger charge is 2.15. The summed E-state index contributed by atoms with van der Waals surface area (Å²) in [6.07, 6.45) is 3.09. The van der Waals surface area contributed by atoms with Crippen LogP contribution in [0.3, 0.4) is 0 Å². The molecule has 1 aromatic carbocycles. The maximum Gasteiger partial charge on any atom is 0.127 e. The van der Waals surface area contributed by atoms with Gasteiger partial charge >= 0.3 is 0 Å². The van der Waals surface area contributed by atoms with Gasteiger partial charge in [0.1, 0.15) is 17.7 Å². The van der Waals surface area contributed by atoms with Gasteiger partial charge in [0.2, 0.25) is 0 Å². The molecule has 0 amide bonds. The molecule has 1 fully saturated rings. The van der Waals surface area contributed by atoms with Crippen molar-refractivity contribution in [3.8, 4) is 5.75 Å². The molecule has 1 unspecified atom stereocenters. The molecule has 1 aliphatic rings. The number of nitrogens with one attached hydrogen (secondary N) is 1. The van der Waals surface area contributed by atoms with E-state index in [0.29, 0.717) is 18.9 Å². The lowest BCUT2D eigenvalue weighted by Gasteiger charge is -2.23. The predicted octanol–water partition coefficient (Wildman–Crippen LogP) is 2.88. The molecule has 2 rings (SSSR count). The van der Waals surface area contributed by atoms with E-state index in [2.05, 4.69) is 12.2 Å². The van der Waals surface area contributed by atoms with Gasteiger partial charge in [0.25, 0.3) is 0 Å². The van der Waals surface area contributed by atoms with Crippen LogP contribution in [0.15, 0.2) is 18.2 Å². The predicted molar refractivity (Wildman–Crippen MR) is 72.9 cm³/mol. The van der Waals surface area contributed by atoms with Gasteiger partial charge in [-0.25, -0.2) is 4.39 Å². The number of rotatable bonds is 6. The van der Waals surface area contributed by atoms with E-state index in [1.54, 1.807) is 6.07 Å². The quantitative estimate of drug-likeness (QED) is 0.804. The molecule has 0 aliphatic carbocycles. The number of halogens is 1. The van der Waals surface area contributed by atoms with Crippen molar-refractivity contribution in [1.29, 1.82) is 0 Å². The third-order valence-electron chi connectivity index (χ3n) is 3.11. The smallest absolute Gasteiger partial charge is 0.127 e. The molecule has 0 radical (unpaired) electrons. The minimum absolute atomic E-state index is 0.0481. The zero-order chi connectivity index (χ0) is 13.5. The second-order valence-corrected chi connectivity index (χ2v) is 4.93. The second-order valence-electron chi connectivity index (χ2n) is 4.93. The van der Waals surface area contributed by atoms with Crippen molar-refractivity contribution < 1.29 is 13.9 Å². The lowest BCUT2D eigenvalue weighted by molar-refractivity contribution is 0.00728. The molecule has 1 atom stereocenters. The molecule has 106 valence electrons. The number of hydrogen-bond acceptors (Lipinski definition) is 3. The van der Waals surface area contributed by atoms with E-state index < -0.39 is 0 Å². The SMILES string of the molecule is CCCNCc1cc(F)cc(OC2CCCOC2)c1. The average Bonchev–Trinajstić information content (AvgIpc) is 2.39. The molecule has 1 aliphatic heterocycles. The van der Waals surface area contributed by atoms with Gasteiger partial charge in [-0.1, -0.05) is 6.92 Å². The molecule has 1 N–H and O–H groups in total. The Balaban J connectivity index is 1.95. The topological polar surface area (TPSA) is 30.5 Å². The molecular formula is C15H22FNO2. The third-order valence-corrected chi connectivity index (χ3v) is 3.11. The van der Waals surface area contributed by atoms with Crippen LogP contribution in [0.5, 0.6) is 5.75 Å². The van der Waals surface area contributed by atoms with Crippen molar-refractivity contribution in [1.82, 2.24) is 5.32 Å². The van der Waals surface area contributed by atoms with Crippen LogP contribution in [0.2, 0.25) is 0 Å². The average molecular weight is 267 g/mol. The third kappa shape index (κ3) is 4.80. The van der Waals surface area contributed by atoms with Gasteiger partial charge in [-0.05, 0) is 43.5 Å². The number of ether oxygens (including phenoxy) is 2. The maximum absolute atomic E-state index is 13.6. The van der Waals surface area contributed by atoms with Crippen LogP contribution < -0.4 is 10.1 Å². The van der Waals surface area contributed by atoms with Gasteiger partial charge in [-0.15, -0.1) is 0 Å². The first-order valence-corrected chi connectivity index (χ1v) is 7.02. The summed E-state index contributed by atoms with van der Waals surface area (Å²) in [5, 5.41) is 3.26. The Morgan fingerprint density at radius 2 is 2.32 bits per heavy atom. The number of benzene rings is 1. The summed E-state index contributed by atoms with van der Waals surface area (Å²) >= 11 is 0. The van der Waals surface area contributed by atoms with Crippen molar-refractivity contribution >= 4 is 0 Å². The normalized spacial score (nSPS) is 19.4. The molecule has 0 aromatic heterocycles. The van der Waals surface area contributed by atoms with Crippen LogP contribution in [0, 0.1) is 5.82 Å². The second kappa shape index (κ2) is 7.46. The van der Waals surface area contributed by atoms with Crippen LogP contribution in [0.1, 0.15) is 31.7 Å². The maximum atomic E-state index is 13.6. The Labute approximate surface area is 114 Å². The Morgan fingerprint density at radius 1 is 1.42 bits per heavy atom. The van der Waals surface area contributed by atoms with E-state index in [0.717, 1.165) is 38.0 Å². The number of hydrogen-bond donors (Lipinski definition) is 1. The standard InChI is InChI=1S/C15H22FNO2/c1-2-5-17-10-12-7-13(16)9-15(8-12)19-14-4-3-6-18-11-14/h7-9,14,17H,2-6,10-11H2,1H3. The highest BCUT2D eigenvalue weighted by molar-refractivity contribution is 5.29. The van der Waals surface area contributed by atoms with Crippen molar-refractivity contribution in [2.75, 3.05) is 19.8 Å². The summed E-state index contributed by atoms with van der Waals surface area (Å²) in [4.78, 5) is 0. The Bertz CT molecular complexity index is 392. The van der Waals surface area contributed by atoms with Crippen LogP contribution in [-0.2, 0) is 11.3 Å². The molecule has 4 heteroatoms. The van der Waals surface area contributed by atoms with Crippen LogP contribution in [0.4, 0.5) is 4.39 Å². The summed E-state index contributed by atoms with van der Waals surface area (Å²) in [6, 6.07) is 4.89. The molecule has 1 saturated heterocycles. The van der Waals surface area contributed by atoms with Gasteiger partial charge in [-0.2, -0.15) is 0 Å². The summed E-state index contributed by atoms with van der Waals surface area (Å²) in [5.74, 6) is 0.353. The zero-order valence-corrected chi connectivity index (χ0v) is 11.5. The van der Waals surface area contributed by atoms with Gasteiger partial charge in [-0.3, -0.25) is 0 Å². The molecule has 1 aromatic rings. The molecule has 3 nitrogen and oxygen atoms in total. The van der Waals surface area contributed by atoms with Crippen molar-refractivity contribution in [2.45, 2.75) is 38.8 Å². The minimum atomic E-state index is -0.248. The first-order chi connectivity index (χ1) is 9.28. The monoisotopic (exact) mass is 267 g/mol. The highest BCUT2D eigenvalue weighted by atomic mass is 19.1. The van der Waals surface area contributed by atoms with Crippen LogP contribution in [0.25, 0.3) is 0 Å². The fourth-order valence-electron chi connectivity index (χ4n) is 2.20. The Morgan fingerprint density at radius 3 is 3.05 bits per heavy atom. The van der Waals surface area contributed by atoms with E-state index in [9.17, 15) is 4.39 Å². The minimum Gasteiger partial charge on any atom is -0.488 e. The highest BCUT2D eigenvalue weighted by Crippen LogP contribution is 2.20. The van der Waals surface area contributed by atoms with E-state index >= 15 is 0 Å². The first kappa shape index (κ1) is 14.3. The molecule has 1 heterocycles. The van der Waals surface area contributed by atoms with Crippen LogP contribution >= 0.6 is 0 Å². The lowest BCUT2D eigenvalue weighted by atomic mass is 10.1. The first-order valence-electron chi connectivity index (χ1n) is 7.02. The zero-order valence-electron chi connectivity index (χ0n) is 11.5. The van der Waals surface area contributed by atoms with Gasteiger partial charge in [0, 0.05) is 19.2 Å². The molecular weight excluding hydrogens is 245 g/mol. The van der Waals surface area contributed by atoms with Crippen LogP contribution in [-0.4, -0.2) is 25.9 Å². The van der Waals surface area contributed by atoms with Gasteiger partial charge in [0.15, 0.2) is 0 Å². The fourth-order valence-corrected chi connectivity index (χ4v) is 2.20. The van der Waals surface area contributed by atoms with E-state index in [4.69, 9.17) is 9.47 Å². The van der Waals surface area contributed by atoms with E-state index in [-0.39, 0.29) is 11.9 Å². The Kier molecular flexibility index (Phi) is 5.61. The fraction of sp³-hybridized carbons (Fsp3) is 0.600. The van der Waals surface area contributed by atoms with Crippen molar-refractivity contribution in [3.05, 3.63) is 29.6 Å². The summed E-state index contributed by atoms with van der Waals surface area (Å²) in [7, 11) is 0. The molecule has 0 spiro atoms. The molecule has 19 heavy (non-hydrogen) atoms. The summed E-state index contributed by atoms with van der Waals surface area (Å²) < 4.78 is 24.7.